The van der Waals surface area contributed by atoms with E-state index >= 15 is 0 Å². The van der Waals surface area contributed by atoms with E-state index in [0.717, 1.165) is 16.6 Å². The minimum Gasteiger partial charge on any atom is -0.382 e. The zero-order chi connectivity index (χ0) is 18.9. The first-order chi connectivity index (χ1) is 13.1. The summed E-state index contributed by atoms with van der Waals surface area (Å²) in [5.74, 6) is -0.409. The highest BCUT2D eigenvalue weighted by molar-refractivity contribution is 5.81. The van der Waals surface area contributed by atoms with Crippen LogP contribution in [0.4, 0.5) is 8.78 Å². The van der Waals surface area contributed by atoms with Gasteiger partial charge < -0.3 is 5.11 Å². The number of fused-ring (bicyclic) bond motifs is 1. The number of aromatic nitrogens is 2. The lowest BCUT2D eigenvalue weighted by molar-refractivity contribution is 0.0114. The van der Waals surface area contributed by atoms with Crippen LogP contribution in [0.5, 0.6) is 0 Å². The van der Waals surface area contributed by atoms with Gasteiger partial charge in [-0.1, -0.05) is 36.4 Å². The van der Waals surface area contributed by atoms with Gasteiger partial charge in [0.15, 0.2) is 0 Å². The lowest BCUT2D eigenvalue weighted by atomic mass is 9.88. The highest BCUT2D eigenvalue weighted by atomic mass is 19.1. The Labute approximate surface area is 155 Å². The molecule has 0 bridgehead atoms. The first-order valence-corrected chi connectivity index (χ1v) is 8.65. The summed E-state index contributed by atoms with van der Waals surface area (Å²) in [6.07, 6.45) is 1.67. The van der Waals surface area contributed by atoms with E-state index in [-0.39, 0.29) is 6.42 Å². The van der Waals surface area contributed by atoms with Crippen molar-refractivity contribution in [3.8, 4) is 5.69 Å². The van der Waals surface area contributed by atoms with Gasteiger partial charge in [-0.3, -0.25) is 0 Å². The Morgan fingerprint density at radius 3 is 2.52 bits per heavy atom. The predicted octanol–water partition coefficient (Wildman–Crippen LogP) is 4.56. The molecule has 27 heavy (non-hydrogen) atoms. The van der Waals surface area contributed by atoms with Crippen molar-refractivity contribution >= 4 is 10.9 Å². The fraction of sp³-hybridized carbons (Fsp3) is 0.136. The largest absolute Gasteiger partial charge is 0.382 e. The van der Waals surface area contributed by atoms with Gasteiger partial charge in [0.2, 0.25) is 0 Å². The molecule has 0 spiro atoms. The summed E-state index contributed by atoms with van der Waals surface area (Å²) in [5.41, 5.74) is 1.03. The number of rotatable bonds is 5. The van der Waals surface area contributed by atoms with Crippen molar-refractivity contribution in [3.05, 3.63) is 95.9 Å². The quantitative estimate of drug-likeness (QED) is 0.564. The van der Waals surface area contributed by atoms with Crippen molar-refractivity contribution in [1.29, 1.82) is 0 Å². The molecule has 4 aromatic rings. The maximum absolute atomic E-state index is 13.8. The topological polar surface area (TPSA) is 38.1 Å². The van der Waals surface area contributed by atoms with Crippen LogP contribution in [-0.4, -0.2) is 21.6 Å². The van der Waals surface area contributed by atoms with E-state index in [0.29, 0.717) is 11.1 Å². The molecule has 0 aliphatic rings. The first-order valence-electron chi connectivity index (χ1n) is 8.65. The maximum atomic E-state index is 13.8. The van der Waals surface area contributed by atoms with Gasteiger partial charge >= 0.3 is 0 Å². The van der Waals surface area contributed by atoms with Gasteiger partial charge in [0.05, 0.1) is 17.4 Å². The summed E-state index contributed by atoms with van der Waals surface area (Å²) in [6.45, 7) is -0.970. The molecule has 3 nitrogen and oxygen atoms in total. The SMILES string of the molecule is OC(CF)(Cc1cccc(F)c1)c1ccc2c(cnn2-c2ccccc2)c1. The smallest absolute Gasteiger partial charge is 0.123 e. The van der Waals surface area contributed by atoms with E-state index < -0.39 is 18.1 Å². The van der Waals surface area contributed by atoms with Crippen LogP contribution in [0.2, 0.25) is 0 Å². The van der Waals surface area contributed by atoms with Crippen LogP contribution in [0.3, 0.4) is 0 Å². The van der Waals surface area contributed by atoms with Crippen LogP contribution in [0.25, 0.3) is 16.6 Å². The van der Waals surface area contributed by atoms with Crippen molar-refractivity contribution in [2.45, 2.75) is 12.0 Å². The molecule has 136 valence electrons. The average molecular weight is 364 g/mol. The molecule has 1 unspecified atom stereocenters. The zero-order valence-electron chi connectivity index (χ0n) is 14.5. The average Bonchev–Trinajstić information content (AvgIpc) is 3.12. The predicted molar refractivity (Wildman–Crippen MR) is 101 cm³/mol. The van der Waals surface area contributed by atoms with Gasteiger partial charge in [-0.2, -0.15) is 5.10 Å². The molecule has 1 N–H and O–H groups in total. The third-order valence-corrected chi connectivity index (χ3v) is 4.71. The normalized spacial score (nSPS) is 13.6. The third kappa shape index (κ3) is 3.34. The molecule has 0 saturated carbocycles. The van der Waals surface area contributed by atoms with E-state index in [1.165, 1.54) is 12.1 Å². The Hall–Kier alpha value is -3.05. The van der Waals surface area contributed by atoms with Crippen molar-refractivity contribution in [3.63, 3.8) is 0 Å². The summed E-state index contributed by atoms with van der Waals surface area (Å²) in [4.78, 5) is 0. The Bertz CT molecular complexity index is 1080. The fourth-order valence-corrected chi connectivity index (χ4v) is 3.31. The van der Waals surface area contributed by atoms with Crippen LogP contribution in [0.15, 0.2) is 79.0 Å². The number of aliphatic hydroxyl groups is 1. The molecule has 4 rings (SSSR count). The summed E-state index contributed by atoms with van der Waals surface area (Å²) in [7, 11) is 0. The van der Waals surface area contributed by atoms with Gasteiger partial charge in [0.25, 0.3) is 0 Å². The molecule has 0 amide bonds. The Kier molecular flexibility index (Phi) is 4.46. The van der Waals surface area contributed by atoms with Crippen molar-refractivity contribution in [2.24, 2.45) is 0 Å². The lowest BCUT2D eigenvalue weighted by Crippen LogP contribution is -2.31. The third-order valence-electron chi connectivity index (χ3n) is 4.71. The van der Waals surface area contributed by atoms with Crippen LogP contribution in [0, 0.1) is 5.82 Å². The van der Waals surface area contributed by atoms with Crippen molar-refractivity contribution in [2.75, 3.05) is 6.67 Å². The minimum atomic E-state index is -1.73. The van der Waals surface area contributed by atoms with Crippen molar-refractivity contribution in [1.82, 2.24) is 9.78 Å². The standard InChI is InChI=1S/C22H18F2N2O/c23-15-22(27,13-16-5-4-6-19(24)11-16)18-9-10-21-17(12-18)14-25-26(21)20-7-2-1-3-8-20/h1-12,14,27H,13,15H2. The number of halogens is 2. The maximum Gasteiger partial charge on any atom is 0.123 e. The highest BCUT2D eigenvalue weighted by Crippen LogP contribution is 2.30. The minimum absolute atomic E-state index is 0.0143. The van der Waals surface area contributed by atoms with Gasteiger partial charge in [-0.15, -0.1) is 0 Å². The molecule has 1 heterocycles. The van der Waals surface area contributed by atoms with E-state index in [4.69, 9.17) is 0 Å². The van der Waals surface area contributed by atoms with Crippen LogP contribution < -0.4 is 0 Å². The molecular weight excluding hydrogens is 346 g/mol. The number of hydrogen-bond donors (Lipinski definition) is 1. The summed E-state index contributed by atoms with van der Waals surface area (Å²) in [6, 6.07) is 20.8. The molecule has 0 fully saturated rings. The summed E-state index contributed by atoms with van der Waals surface area (Å²) >= 11 is 0. The molecule has 1 aromatic heterocycles. The summed E-state index contributed by atoms with van der Waals surface area (Å²) in [5, 5.41) is 16.1. The van der Waals surface area contributed by atoms with E-state index in [9.17, 15) is 13.9 Å². The lowest BCUT2D eigenvalue weighted by Gasteiger charge is -2.26. The van der Waals surface area contributed by atoms with E-state index in [2.05, 4.69) is 5.10 Å². The van der Waals surface area contributed by atoms with Crippen LogP contribution >= 0.6 is 0 Å². The number of alkyl halides is 1. The second-order valence-corrected chi connectivity index (χ2v) is 6.64. The Balaban J connectivity index is 1.72. The van der Waals surface area contributed by atoms with Gasteiger partial charge in [0.1, 0.15) is 18.1 Å². The number of hydrogen-bond acceptors (Lipinski definition) is 2. The first kappa shape index (κ1) is 17.4. The van der Waals surface area contributed by atoms with Gasteiger partial charge in [-0.25, -0.2) is 13.5 Å². The second-order valence-electron chi connectivity index (χ2n) is 6.64. The van der Waals surface area contributed by atoms with Crippen molar-refractivity contribution < 1.29 is 13.9 Å². The second kappa shape index (κ2) is 6.93. The fourth-order valence-electron chi connectivity index (χ4n) is 3.31. The van der Waals surface area contributed by atoms with Gasteiger partial charge in [0, 0.05) is 11.8 Å². The number of benzene rings is 3. The van der Waals surface area contributed by atoms with Gasteiger partial charge in [-0.05, 0) is 47.5 Å². The summed E-state index contributed by atoms with van der Waals surface area (Å²) < 4.78 is 29.0. The molecule has 1 atom stereocenters. The molecule has 0 saturated heterocycles. The molecule has 0 radical (unpaired) electrons. The molecule has 5 heteroatoms. The molecule has 3 aromatic carbocycles. The molecule has 0 aliphatic heterocycles. The Morgan fingerprint density at radius 2 is 1.78 bits per heavy atom. The van der Waals surface area contributed by atoms with Crippen LogP contribution in [-0.2, 0) is 12.0 Å². The molecular formula is C22H18F2N2O. The number of para-hydroxylation sites is 1. The number of nitrogens with zero attached hydrogens (tertiary/aromatic N) is 2. The highest BCUT2D eigenvalue weighted by Gasteiger charge is 2.30. The molecule has 0 aliphatic carbocycles. The van der Waals surface area contributed by atoms with E-state index in [1.54, 1.807) is 35.1 Å². The monoisotopic (exact) mass is 364 g/mol. The van der Waals surface area contributed by atoms with Crippen LogP contribution in [0.1, 0.15) is 11.1 Å². The Morgan fingerprint density at radius 1 is 0.963 bits per heavy atom. The zero-order valence-corrected chi connectivity index (χ0v) is 14.5. The van der Waals surface area contributed by atoms with E-state index in [1.807, 2.05) is 36.4 Å².